The molecule has 0 aliphatic carbocycles. The van der Waals surface area contributed by atoms with E-state index in [0.29, 0.717) is 18.3 Å². The third-order valence-electron chi connectivity index (χ3n) is 3.19. The second kappa shape index (κ2) is 6.20. The second-order valence-electron chi connectivity index (χ2n) is 4.63. The van der Waals surface area contributed by atoms with Gasteiger partial charge in [0.2, 0.25) is 5.82 Å². The maximum absolute atomic E-state index is 5.65. The van der Waals surface area contributed by atoms with E-state index in [4.69, 9.17) is 10.3 Å². The molecule has 5 heteroatoms. The fourth-order valence-corrected chi connectivity index (χ4v) is 2.42. The second-order valence-corrected chi connectivity index (χ2v) is 5.54. The van der Waals surface area contributed by atoms with Crippen molar-refractivity contribution in [3.8, 4) is 22.8 Å². The van der Waals surface area contributed by atoms with Crippen molar-refractivity contribution >= 4 is 15.9 Å². The van der Waals surface area contributed by atoms with Gasteiger partial charge in [-0.1, -0.05) is 39.3 Å². The average molecular weight is 344 g/mol. The summed E-state index contributed by atoms with van der Waals surface area (Å²) in [5.41, 5.74) is 8.63. The van der Waals surface area contributed by atoms with Crippen molar-refractivity contribution in [2.24, 2.45) is 5.73 Å². The molecule has 3 rings (SSSR count). The molecule has 106 valence electrons. The molecule has 1 heterocycles. The zero-order valence-electron chi connectivity index (χ0n) is 11.3. The number of halogens is 1. The van der Waals surface area contributed by atoms with Crippen LogP contribution in [0.3, 0.4) is 0 Å². The summed E-state index contributed by atoms with van der Waals surface area (Å²) in [6.07, 6.45) is 0.784. The number of rotatable bonds is 4. The highest BCUT2D eigenvalue weighted by atomic mass is 79.9. The normalized spacial score (nSPS) is 10.8. The Morgan fingerprint density at radius 3 is 2.57 bits per heavy atom. The van der Waals surface area contributed by atoms with Gasteiger partial charge in [0.1, 0.15) is 0 Å². The first-order valence-corrected chi connectivity index (χ1v) is 7.45. The van der Waals surface area contributed by atoms with Gasteiger partial charge in [0.25, 0.3) is 5.89 Å². The van der Waals surface area contributed by atoms with Gasteiger partial charge in [0.15, 0.2) is 0 Å². The minimum atomic E-state index is 0.525. The molecule has 4 nitrogen and oxygen atoms in total. The van der Waals surface area contributed by atoms with Crippen molar-refractivity contribution in [3.63, 3.8) is 0 Å². The topological polar surface area (TPSA) is 64.9 Å². The first kappa shape index (κ1) is 14.0. The quantitative estimate of drug-likeness (QED) is 0.784. The van der Waals surface area contributed by atoms with Crippen molar-refractivity contribution in [2.45, 2.75) is 6.42 Å². The van der Waals surface area contributed by atoms with Crippen LogP contribution in [0, 0.1) is 0 Å². The highest BCUT2D eigenvalue weighted by Crippen LogP contribution is 2.26. The number of hydrogen-bond donors (Lipinski definition) is 1. The lowest BCUT2D eigenvalue weighted by atomic mass is 10.0. The lowest BCUT2D eigenvalue weighted by molar-refractivity contribution is 0.432. The summed E-state index contributed by atoms with van der Waals surface area (Å²) in [4.78, 5) is 4.49. The van der Waals surface area contributed by atoms with Crippen LogP contribution in [0.5, 0.6) is 0 Å². The van der Waals surface area contributed by atoms with Crippen LogP contribution < -0.4 is 5.73 Å². The molecular weight excluding hydrogens is 330 g/mol. The smallest absolute Gasteiger partial charge is 0.258 e. The van der Waals surface area contributed by atoms with E-state index in [1.165, 1.54) is 0 Å². The summed E-state index contributed by atoms with van der Waals surface area (Å²) in [6, 6.07) is 15.8. The Kier molecular flexibility index (Phi) is 4.13. The predicted octanol–water partition coefficient (Wildman–Crippen LogP) is 3.67. The van der Waals surface area contributed by atoms with Crippen LogP contribution in [0.1, 0.15) is 5.56 Å². The van der Waals surface area contributed by atoms with Gasteiger partial charge < -0.3 is 10.3 Å². The lowest BCUT2D eigenvalue weighted by Gasteiger charge is -2.03. The van der Waals surface area contributed by atoms with E-state index in [-0.39, 0.29) is 0 Å². The largest absolute Gasteiger partial charge is 0.334 e. The summed E-state index contributed by atoms with van der Waals surface area (Å²) < 4.78 is 6.43. The van der Waals surface area contributed by atoms with Gasteiger partial charge in [-0.15, -0.1) is 0 Å². The number of aromatic nitrogens is 2. The molecule has 0 fully saturated rings. The molecule has 0 aliphatic rings. The van der Waals surface area contributed by atoms with E-state index in [2.05, 4.69) is 26.1 Å². The summed E-state index contributed by atoms with van der Waals surface area (Å²) in [5, 5.41) is 4.06. The predicted molar refractivity (Wildman–Crippen MR) is 85.6 cm³/mol. The lowest BCUT2D eigenvalue weighted by Crippen LogP contribution is -2.03. The van der Waals surface area contributed by atoms with Crippen LogP contribution in [0.25, 0.3) is 22.8 Å². The molecule has 0 spiro atoms. The van der Waals surface area contributed by atoms with Gasteiger partial charge in [-0.25, -0.2) is 0 Å². The third-order valence-corrected chi connectivity index (χ3v) is 3.72. The van der Waals surface area contributed by atoms with E-state index < -0.39 is 0 Å². The molecule has 0 aliphatic heterocycles. The van der Waals surface area contributed by atoms with E-state index in [1.54, 1.807) is 0 Å². The van der Waals surface area contributed by atoms with Gasteiger partial charge in [-0.05, 0) is 48.9 Å². The molecule has 3 aromatic rings. The van der Waals surface area contributed by atoms with Gasteiger partial charge in [0.05, 0.1) is 0 Å². The number of benzene rings is 2. The zero-order chi connectivity index (χ0) is 14.7. The van der Waals surface area contributed by atoms with Crippen LogP contribution in [-0.2, 0) is 6.42 Å². The van der Waals surface area contributed by atoms with Crippen molar-refractivity contribution < 1.29 is 4.52 Å². The fraction of sp³-hybridized carbons (Fsp3) is 0.125. The van der Waals surface area contributed by atoms with E-state index in [0.717, 1.165) is 27.6 Å². The Labute approximate surface area is 131 Å². The fourth-order valence-electron chi connectivity index (χ4n) is 2.15. The standard InChI is InChI=1S/C16H14BrN3O/c17-13-7-5-12(6-8-13)15-19-16(21-20-15)14-4-2-1-3-11(14)9-10-18/h1-8H,9-10,18H2. The van der Waals surface area contributed by atoms with Crippen LogP contribution >= 0.6 is 15.9 Å². The highest BCUT2D eigenvalue weighted by Gasteiger charge is 2.13. The molecule has 21 heavy (non-hydrogen) atoms. The number of nitrogens with two attached hydrogens (primary N) is 1. The summed E-state index contributed by atoms with van der Waals surface area (Å²) >= 11 is 3.41. The molecule has 2 aromatic carbocycles. The molecular formula is C16H14BrN3O. The molecule has 0 unspecified atom stereocenters. The zero-order valence-corrected chi connectivity index (χ0v) is 12.9. The summed E-state index contributed by atoms with van der Waals surface area (Å²) in [7, 11) is 0. The number of hydrogen-bond acceptors (Lipinski definition) is 4. The summed E-state index contributed by atoms with van der Waals surface area (Å²) in [6.45, 7) is 0.588. The molecule has 0 atom stereocenters. The first-order valence-electron chi connectivity index (χ1n) is 6.66. The SMILES string of the molecule is NCCc1ccccc1-c1nc(-c2ccc(Br)cc2)no1. The minimum absolute atomic E-state index is 0.525. The van der Waals surface area contributed by atoms with Gasteiger partial charge in [0, 0.05) is 15.6 Å². The van der Waals surface area contributed by atoms with Crippen molar-refractivity contribution in [2.75, 3.05) is 6.54 Å². The van der Waals surface area contributed by atoms with E-state index in [1.807, 2.05) is 48.5 Å². The molecule has 1 aromatic heterocycles. The van der Waals surface area contributed by atoms with Crippen molar-refractivity contribution in [1.29, 1.82) is 0 Å². The van der Waals surface area contributed by atoms with Crippen molar-refractivity contribution in [3.05, 3.63) is 58.6 Å². The average Bonchev–Trinajstić information content (AvgIpc) is 2.99. The monoisotopic (exact) mass is 343 g/mol. The Bertz CT molecular complexity index is 737. The van der Waals surface area contributed by atoms with E-state index >= 15 is 0 Å². The van der Waals surface area contributed by atoms with Crippen LogP contribution in [0.15, 0.2) is 57.5 Å². The number of nitrogens with zero attached hydrogens (tertiary/aromatic N) is 2. The van der Waals surface area contributed by atoms with Crippen LogP contribution in [-0.4, -0.2) is 16.7 Å². The highest BCUT2D eigenvalue weighted by molar-refractivity contribution is 9.10. The van der Waals surface area contributed by atoms with Gasteiger partial charge in [-0.3, -0.25) is 0 Å². The molecule has 0 radical (unpaired) electrons. The Balaban J connectivity index is 1.97. The molecule has 0 saturated heterocycles. The molecule has 0 bridgehead atoms. The van der Waals surface area contributed by atoms with Gasteiger partial charge >= 0.3 is 0 Å². The van der Waals surface area contributed by atoms with Gasteiger partial charge in [-0.2, -0.15) is 4.98 Å². The minimum Gasteiger partial charge on any atom is -0.334 e. The Morgan fingerprint density at radius 2 is 1.81 bits per heavy atom. The third kappa shape index (κ3) is 3.04. The molecule has 2 N–H and O–H groups in total. The van der Waals surface area contributed by atoms with Crippen LogP contribution in [0.4, 0.5) is 0 Å². The maximum Gasteiger partial charge on any atom is 0.258 e. The summed E-state index contributed by atoms with van der Waals surface area (Å²) in [5.74, 6) is 1.11. The molecule has 0 saturated carbocycles. The van der Waals surface area contributed by atoms with Crippen LogP contribution in [0.2, 0.25) is 0 Å². The Hall–Kier alpha value is -1.98. The molecule has 0 amide bonds. The maximum atomic E-state index is 5.65. The first-order chi connectivity index (χ1) is 10.3. The van der Waals surface area contributed by atoms with E-state index in [9.17, 15) is 0 Å². The Morgan fingerprint density at radius 1 is 1.05 bits per heavy atom. The van der Waals surface area contributed by atoms with Crippen molar-refractivity contribution in [1.82, 2.24) is 10.1 Å².